The number of phenols is 1. The molecular formula is C25H27NO5. The number of amides is 1. The van der Waals surface area contributed by atoms with Crippen molar-refractivity contribution < 1.29 is 24.9 Å². The number of carbonyl (C=O) groups excluding carboxylic acids is 2. The number of ketones is 1. The first kappa shape index (κ1) is 21.0. The Morgan fingerprint density at radius 2 is 1.94 bits per heavy atom. The highest BCUT2D eigenvalue weighted by Gasteiger charge is 2.48. The lowest BCUT2D eigenvalue weighted by Crippen LogP contribution is -2.40. The number of Topliss-reactive ketones (excluding diaryl/α,β-unsaturated/α-hetero) is 1. The van der Waals surface area contributed by atoms with Gasteiger partial charge in [-0.1, -0.05) is 38.6 Å². The Kier molecular flexibility index (Phi) is 5.04. The Morgan fingerprint density at radius 1 is 1.23 bits per heavy atom. The highest BCUT2D eigenvalue weighted by atomic mass is 16.3. The number of nitrogens with two attached hydrogens (primary N) is 1. The third-order valence-corrected chi connectivity index (χ3v) is 6.82. The summed E-state index contributed by atoms with van der Waals surface area (Å²) in [5.74, 6) is -2.32. The SMILES string of the molecule is C=C/C=C1/C(C(N)=O)=C(O)CC2CC3Cc4c(C(C)C)ccc(O)c4C(=O)C3=C(O)C12. The predicted octanol–water partition coefficient (Wildman–Crippen LogP) is 4.13. The van der Waals surface area contributed by atoms with Crippen LogP contribution in [0.3, 0.4) is 0 Å². The van der Waals surface area contributed by atoms with Crippen LogP contribution >= 0.6 is 0 Å². The molecule has 3 aliphatic rings. The number of carbonyl (C=O) groups is 2. The summed E-state index contributed by atoms with van der Waals surface area (Å²) in [5, 5.41) is 32.3. The van der Waals surface area contributed by atoms with Gasteiger partial charge in [-0.05, 0) is 53.4 Å². The van der Waals surface area contributed by atoms with E-state index in [-0.39, 0.29) is 63.9 Å². The van der Waals surface area contributed by atoms with Gasteiger partial charge in [-0.3, -0.25) is 9.59 Å². The van der Waals surface area contributed by atoms with E-state index in [0.717, 1.165) is 11.1 Å². The molecule has 3 atom stereocenters. The van der Waals surface area contributed by atoms with Gasteiger partial charge in [0.15, 0.2) is 5.78 Å². The molecule has 162 valence electrons. The second-order valence-corrected chi connectivity index (χ2v) is 8.93. The fourth-order valence-electron chi connectivity index (χ4n) is 5.63. The molecule has 1 aromatic carbocycles. The predicted molar refractivity (Wildman–Crippen MR) is 117 cm³/mol. The number of aliphatic hydroxyl groups is 2. The van der Waals surface area contributed by atoms with Crippen molar-refractivity contribution in [3.8, 4) is 5.75 Å². The van der Waals surface area contributed by atoms with Gasteiger partial charge in [-0.2, -0.15) is 0 Å². The number of hydrogen-bond donors (Lipinski definition) is 4. The maximum atomic E-state index is 13.5. The lowest BCUT2D eigenvalue weighted by Gasteiger charge is -2.43. The van der Waals surface area contributed by atoms with Crippen molar-refractivity contribution in [3.05, 3.63) is 75.8 Å². The van der Waals surface area contributed by atoms with Crippen LogP contribution < -0.4 is 5.73 Å². The van der Waals surface area contributed by atoms with Gasteiger partial charge in [0.2, 0.25) is 0 Å². The number of phenolic OH excluding ortho intramolecular Hbond substituents is 1. The van der Waals surface area contributed by atoms with E-state index in [4.69, 9.17) is 5.73 Å². The molecule has 6 nitrogen and oxygen atoms in total. The number of benzene rings is 1. The highest BCUT2D eigenvalue weighted by Crippen LogP contribution is 2.52. The number of fused-ring (bicyclic) bond motifs is 3. The lowest BCUT2D eigenvalue weighted by atomic mass is 9.61. The zero-order valence-electron chi connectivity index (χ0n) is 17.7. The Hall–Kier alpha value is -3.28. The fourth-order valence-corrected chi connectivity index (χ4v) is 5.63. The van der Waals surface area contributed by atoms with Crippen LogP contribution in [0.2, 0.25) is 0 Å². The number of aromatic hydroxyl groups is 1. The number of aliphatic hydroxyl groups excluding tert-OH is 2. The Morgan fingerprint density at radius 3 is 2.55 bits per heavy atom. The minimum absolute atomic E-state index is 0.0275. The van der Waals surface area contributed by atoms with Crippen LogP contribution in [0.4, 0.5) is 0 Å². The zero-order chi connectivity index (χ0) is 22.6. The summed E-state index contributed by atoms with van der Waals surface area (Å²) in [6.45, 7) is 7.75. The molecule has 0 spiro atoms. The molecule has 1 amide bonds. The van der Waals surface area contributed by atoms with Crippen molar-refractivity contribution in [1.82, 2.24) is 0 Å². The summed E-state index contributed by atoms with van der Waals surface area (Å²) in [7, 11) is 0. The molecule has 6 heteroatoms. The molecule has 31 heavy (non-hydrogen) atoms. The first-order chi connectivity index (χ1) is 14.7. The van der Waals surface area contributed by atoms with Crippen LogP contribution in [0.15, 0.2) is 59.1 Å². The van der Waals surface area contributed by atoms with E-state index in [9.17, 15) is 24.9 Å². The molecular weight excluding hydrogens is 394 g/mol. The van der Waals surface area contributed by atoms with E-state index < -0.39 is 11.8 Å². The molecule has 0 heterocycles. The normalized spacial score (nSPS) is 26.6. The van der Waals surface area contributed by atoms with Crippen molar-refractivity contribution in [2.75, 3.05) is 0 Å². The van der Waals surface area contributed by atoms with Gasteiger partial charge in [-0.15, -0.1) is 0 Å². The Balaban J connectivity index is 1.91. The van der Waals surface area contributed by atoms with Crippen LogP contribution in [0.25, 0.3) is 0 Å². The quantitative estimate of drug-likeness (QED) is 0.585. The van der Waals surface area contributed by atoms with Crippen molar-refractivity contribution in [2.24, 2.45) is 23.5 Å². The minimum atomic E-state index is -0.788. The molecule has 4 rings (SSSR count). The van der Waals surface area contributed by atoms with Gasteiger partial charge in [-0.25, -0.2) is 0 Å². The zero-order valence-corrected chi connectivity index (χ0v) is 17.7. The molecule has 0 radical (unpaired) electrons. The summed E-state index contributed by atoms with van der Waals surface area (Å²) in [5.41, 5.74) is 8.22. The average molecular weight is 421 g/mol. The standard InChI is InChI=1S/C25H27NO5/c1-4-5-15-19-13(10-18(28)22(15)25(26)31)8-12-9-16-14(11(2)3)6-7-17(27)21(16)24(30)20(12)23(19)29/h4-7,11-13,19,27-29H,1,8-10H2,2-3H3,(H2,26,31)/b15-5+. The number of primary amides is 1. The van der Waals surface area contributed by atoms with Crippen LogP contribution in [-0.2, 0) is 11.2 Å². The molecule has 3 unspecified atom stereocenters. The number of allylic oxidation sites excluding steroid dienone is 5. The Labute approximate surface area is 181 Å². The number of hydrogen-bond acceptors (Lipinski definition) is 5. The summed E-state index contributed by atoms with van der Waals surface area (Å²) in [6, 6.07) is 3.39. The van der Waals surface area contributed by atoms with Gasteiger partial charge < -0.3 is 21.1 Å². The van der Waals surface area contributed by atoms with Crippen LogP contribution in [0.5, 0.6) is 5.75 Å². The molecule has 1 aromatic rings. The molecule has 0 bridgehead atoms. The topological polar surface area (TPSA) is 121 Å². The maximum Gasteiger partial charge on any atom is 0.252 e. The first-order valence-electron chi connectivity index (χ1n) is 10.5. The average Bonchev–Trinajstić information content (AvgIpc) is 2.67. The molecule has 0 aliphatic heterocycles. The summed E-state index contributed by atoms with van der Waals surface area (Å²) in [6.07, 6.45) is 4.31. The molecule has 3 aliphatic carbocycles. The van der Waals surface area contributed by atoms with E-state index in [1.54, 1.807) is 6.08 Å². The second-order valence-electron chi connectivity index (χ2n) is 8.93. The van der Waals surface area contributed by atoms with E-state index in [2.05, 4.69) is 6.58 Å². The largest absolute Gasteiger partial charge is 0.511 e. The van der Waals surface area contributed by atoms with Crippen LogP contribution in [-0.4, -0.2) is 27.0 Å². The van der Waals surface area contributed by atoms with Gasteiger partial charge in [0.25, 0.3) is 5.91 Å². The van der Waals surface area contributed by atoms with E-state index in [0.29, 0.717) is 18.4 Å². The lowest BCUT2D eigenvalue weighted by molar-refractivity contribution is -0.114. The summed E-state index contributed by atoms with van der Waals surface area (Å²) >= 11 is 0. The third kappa shape index (κ3) is 3.09. The van der Waals surface area contributed by atoms with Crippen molar-refractivity contribution in [2.45, 2.75) is 39.0 Å². The van der Waals surface area contributed by atoms with E-state index >= 15 is 0 Å². The first-order valence-corrected chi connectivity index (χ1v) is 10.5. The molecule has 0 fully saturated rings. The van der Waals surface area contributed by atoms with Crippen LogP contribution in [0, 0.1) is 17.8 Å². The second kappa shape index (κ2) is 7.45. The summed E-state index contributed by atoms with van der Waals surface area (Å²) in [4.78, 5) is 25.5. The monoisotopic (exact) mass is 421 g/mol. The molecule has 0 saturated heterocycles. The summed E-state index contributed by atoms with van der Waals surface area (Å²) < 4.78 is 0. The van der Waals surface area contributed by atoms with E-state index in [1.165, 1.54) is 12.1 Å². The number of rotatable bonds is 3. The van der Waals surface area contributed by atoms with Crippen molar-refractivity contribution in [1.29, 1.82) is 0 Å². The minimum Gasteiger partial charge on any atom is -0.511 e. The van der Waals surface area contributed by atoms with Crippen molar-refractivity contribution in [3.63, 3.8) is 0 Å². The van der Waals surface area contributed by atoms with Crippen molar-refractivity contribution >= 4 is 11.7 Å². The molecule has 0 aromatic heterocycles. The molecule has 0 saturated carbocycles. The van der Waals surface area contributed by atoms with E-state index in [1.807, 2.05) is 19.9 Å². The smallest absolute Gasteiger partial charge is 0.252 e. The maximum absolute atomic E-state index is 13.5. The van der Waals surface area contributed by atoms with Gasteiger partial charge in [0, 0.05) is 17.9 Å². The Bertz CT molecular complexity index is 1110. The highest BCUT2D eigenvalue weighted by molar-refractivity contribution is 6.13. The van der Waals surface area contributed by atoms with Gasteiger partial charge in [0.05, 0.1) is 11.1 Å². The molecule has 5 N–H and O–H groups in total. The fraction of sp³-hybridized carbons (Fsp3) is 0.360. The van der Waals surface area contributed by atoms with Gasteiger partial charge in [0.1, 0.15) is 17.3 Å². The van der Waals surface area contributed by atoms with Crippen LogP contribution in [0.1, 0.15) is 54.1 Å². The van der Waals surface area contributed by atoms with Gasteiger partial charge >= 0.3 is 0 Å². The third-order valence-electron chi connectivity index (χ3n) is 6.82.